The van der Waals surface area contributed by atoms with Crippen LogP contribution in [-0.2, 0) is 6.54 Å². The van der Waals surface area contributed by atoms with E-state index in [9.17, 15) is 5.11 Å². The summed E-state index contributed by atoms with van der Waals surface area (Å²) in [5.41, 5.74) is 1.06. The van der Waals surface area contributed by atoms with Crippen molar-refractivity contribution in [3.8, 4) is 17.6 Å². The Kier molecular flexibility index (Phi) is 7.48. The minimum absolute atomic E-state index is 0.366. The fraction of sp³-hybridized carbons (Fsp3) is 0.533. The van der Waals surface area contributed by atoms with Gasteiger partial charge in [-0.05, 0) is 31.0 Å². The maximum atomic E-state index is 9.20. The molecule has 0 aromatic heterocycles. The molecule has 0 bridgehead atoms. The molecule has 1 aromatic rings. The summed E-state index contributed by atoms with van der Waals surface area (Å²) in [6.07, 6.45) is 0.817. The molecule has 0 saturated heterocycles. The number of nitriles is 1. The predicted molar refractivity (Wildman–Crippen MR) is 76.7 cm³/mol. The van der Waals surface area contributed by atoms with Gasteiger partial charge in [0, 0.05) is 19.5 Å². The Hall–Kier alpha value is -1.77. The van der Waals surface area contributed by atoms with E-state index in [1.54, 1.807) is 14.0 Å². The van der Waals surface area contributed by atoms with Crippen molar-refractivity contribution >= 4 is 0 Å². The lowest BCUT2D eigenvalue weighted by Crippen LogP contribution is -2.23. The third-order valence-electron chi connectivity index (χ3n) is 2.69. The minimum atomic E-state index is -0.366. The van der Waals surface area contributed by atoms with Crippen LogP contribution in [-0.4, -0.2) is 31.5 Å². The van der Waals surface area contributed by atoms with Crippen LogP contribution in [0.1, 0.15) is 25.3 Å². The molecule has 2 N–H and O–H groups in total. The van der Waals surface area contributed by atoms with Crippen LogP contribution in [0.15, 0.2) is 18.2 Å². The topological polar surface area (TPSA) is 74.5 Å². The smallest absolute Gasteiger partial charge is 0.161 e. The average Bonchev–Trinajstić information content (AvgIpc) is 2.43. The van der Waals surface area contributed by atoms with Gasteiger partial charge in [-0.2, -0.15) is 5.26 Å². The Bertz CT molecular complexity index is 441. The molecule has 5 nitrogen and oxygen atoms in total. The Morgan fingerprint density at radius 2 is 2.20 bits per heavy atom. The second-order valence-electron chi connectivity index (χ2n) is 4.58. The Balaban J connectivity index is 2.58. The number of rotatable bonds is 9. The van der Waals surface area contributed by atoms with Gasteiger partial charge in [0.2, 0.25) is 0 Å². The van der Waals surface area contributed by atoms with Crippen molar-refractivity contribution in [1.29, 1.82) is 5.26 Å². The normalized spacial score (nSPS) is 11.7. The first-order valence-electron chi connectivity index (χ1n) is 6.72. The Morgan fingerprint density at radius 3 is 2.85 bits per heavy atom. The van der Waals surface area contributed by atoms with Gasteiger partial charge in [-0.15, -0.1) is 0 Å². The Morgan fingerprint density at radius 1 is 1.40 bits per heavy atom. The number of hydrogen-bond donors (Lipinski definition) is 2. The summed E-state index contributed by atoms with van der Waals surface area (Å²) in [4.78, 5) is 0. The summed E-state index contributed by atoms with van der Waals surface area (Å²) in [5.74, 6) is 1.36. The van der Waals surface area contributed by atoms with Crippen LogP contribution in [0.25, 0.3) is 0 Å². The van der Waals surface area contributed by atoms with Crippen molar-refractivity contribution in [2.45, 2.75) is 32.4 Å². The summed E-state index contributed by atoms with van der Waals surface area (Å²) >= 11 is 0. The van der Waals surface area contributed by atoms with Crippen LogP contribution >= 0.6 is 0 Å². The highest BCUT2D eigenvalue weighted by molar-refractivity contribution is 5.42. The zero-order chi connectivity index (χ0) is 14.8. The van der Waals surface area contributed by atoms with Gasteiger partial charge in [0.1, 0.15) is 0 Å². The number of nitrogens with one attached hydrogen (secondary N) is 1. The maximum absolute atomic E-state index is 9.20. The van der Waals surface area contributed by atoms with Crippen LogP contribution in [0.3, 0.4) is 0 Å². The molecule has 0 aliphatic heterocycles. The monoisotopic (exact) mass is 278 g/mol. The number of nitrogens with zero attached hydrogens (tertiary/aromatic N) is 1. The van der Waals surface area contributed by atoms with Gasteiger partial charge in [-0.1, -0.05) is 6.07 Å². The van der Waals surface area contributed by atoms with E-state index in [2.05, 4.69) is 11.4 Å². The molecule has 0 radical (unpaired) electrons. The largest absolute Gasteiger partial charge is 0.493 e. The lowest BCUT2D eigenvalue weighted by molar-refractivity contribution is 0.191. The maximum Gasteiger partial charge on any atom is 0.161 e. The molecule has 0 heterocycles. The van der Waals surface area contributed by atoms with Gasteiger partial charge in [0.05, 0.1) is 25.9 Å². The van der Waals surface area contributed by atoms with E-state index in [1.165, 1.54) is 0 Å². The highest BCUT2D eigenvalue weighted by atomic mass is 16.5. The van der Waals surface area contributed by atoms with Crippen LogP contribution in [0.4, 0.5) is 0 Å². The molecule has 0 aliphatic carbocycles. The van der Waals surface area contributed by atoms with Crippen molar-refractivity contribution in [1.82, 2.24) is 5.32 Å². The molecular formula is C15H22N2O3. The summed E-state index contributed by atoms with van der Waals surface area (Å²) in [6.45, 7) is 3.44. The molecule has 1 unspecified atom stereocenters. The molecule has 20 heavy (non-hydrogen) atoms. The molecule has 0 saturated carbocycles. The highest BCUT2D eigenvalue weighted by Crippen LogP contribution is 2.28. The van der Waals surface area contributed by atoms with Crippen LogP contribution in [0, 0.1) is 11.3 Å². The molecule has 0 fully saturated rings. The number of aliphatic hydroxyl groups excluding tert-OH is 1. The van der Waals surface area contributed by atoms with Gasteiger partial charge in [0.15, 0.2) is 11.5 Å². The predicted octanol–water partition coefficient (Wildman–Crippen LogP) is 1.85. The zero-order valence-electron chi connectivity index (χ0n) is 12.1. The standard InChI is InChI=1S/C15H22N2O3/c1-12(18)10-17-11-13-5-6-14(19-2)15(9-13)20-8-4-3-7-16/h5-6,9,12,17-18H,3-4,8,10-11H2,1-2H3. The van der Waals surface area contributed by atoms with E-state index < -0.39 is 0 Å². The number of unbranched alkanes of at least 4 members (excludes halogenated alkanes) is 1. The second kappa shape index (κ2) is 9.18. The molecule has 1 aromatic carbocycles. The van der Waals surface area contributed by atoms with Crippen LogP contribution in [0.2, 0.25) is 0 Å². The lowest BCUT2D eigenvalue weighted by Gasteiger charge is -2.13. The summed E-state index contributed by atoms with van der Waals surface area (Å²) in [6, 6.07) is 7.82. The molecule has 1 atom stereocenters. The average molecular weight is 278 g/mol. The van der Waals surface area contributed by atoms with Gasteiger partial charge in [0.25, 0.3) is 0 Å². The quantitative estimate of drug-likeness (QED) is 0.674. The van der Waals surface area contributed by atoms with Gasteiger partial charge < -0.3 is 19.9 Å². The van der Waals surface area contributed by atoms with E-state index in [-0.39, 0.29) is 6.10 Å². The zero-order valence-corrected chi connectivity index (χ0v) is 12.1. The van der Waals surface area contributed by atoms with Crippen LogP contribution in [0.5, 0.6) is 11.5 Å². The van der Waals surface area contributed by atoms with Gasteiger partial charge >= 0.3 is 0 Å². The first kappa shape index (κ1) is 16.3. The number of aliphatic hydroxyl groups is 1. The SMILES string of the molecule is COc1ccc(CNCC(C)O)cc1OCCCC#N. The molecule has 0 aliphatic rings. The first-order valence-corrected chi connectivity index (χ1v) is 6.72. The molecule has 110 valence electrons. The Labute approximate surface area is 120 Å². The molecule has 5 heteroatoms. The second-order valence-corrected chi connectivity index (χ2v) is 4.58. The van der Waals surface area contributed by atoms with E-state index >= 15 is 0 Å². The van der Waals surface area contributed by atoms with E-state index in [4.69, 9.17) is 14.7 Å². The minimum Gasteiger partial charge on any atom is -0.493 e. The third-order valence-corrected chi connectivity index (χ3v) is 2.69. The van der Waals surface area contributed by atoms with Crippen molar-refractivity contribution in [3.63, 3.8) is 0 Å². The third kappa shape index (κ3) is 5.91. The van der Waals surface area contributed by atoms with Crippen molar-refractivity contribution in [2.24, 2.45) is 0 Å². The fourth-order valence-electron chi connectivity index (χ4n) is 1.70. The van der Waals surface area contributed by atoms with E-state index in [0.717, 1.165) is 5.56 Å². The molecule has 0 amide bonds. The number of methoxy groups -OCH3 is 1. The van der Waals surface area contributed by atoms with Crippen molar-refractivity contribution in [2.75, 3.05) is 20.3 Å². The lowest BCUT2D eigenvalue weighted by atomic mass is 10.2. The van der Waals surface area contributed by atoms with Crippen LogP contribution < -0.4 is 14.8 Å². The van der Waals surface area contributed by atoms with Crippen molar-refractivity contribution < 1.29 is 14.6 Å². The first-order chi connectivity index (χ1) is 9.67. The van der Waals surface area contributed by atoms with E-state index in [0.29, 0.717) is 44.0 Å². The molecular weight excluding hydrogens is 256 g/mol. The number of ether oxygens (including phenoxy) is 2. The van der Waals surface area contributed by atoms with Gasteiger partial charge in [-0.25, -0.2) is 0 Å². The molecule has 1 rings (SSSR count). The highest BCUT2D eigenvalue weighted by Gasteiger charge is 2.06. The number of benzene rings is 1. The van der Waals surface area contributed by atoms with E-state index in [1.807, 2.05) is 18.2 Å². The summed E-state index contributed by atoms with van der Waals surface area (Å²) in [7, 11) is 1.60. The fourth-order valence-corrected chi connectivity index (χ4v) is 1.70. The summed E-state index contributed by atoms with van der Waals surface area (Å²) in [5, 5.41) is 20.8. The van der Waals surface area contributed by atoms with Gasteiger partial charge in [-0.3, -0.25) is 0 Å². The van der Waals surface area contributed by atoms with Crippen molar-refractivity contribution in [3.05, 3.63) is 23.8 Å². The number of hydrogen-bond acceptors (Lipinski definition) is 5. The summed E-state index contributed by atoms with van der Waals surface area (Å²) < 4.78 is 10.9. The molecule has 0 spiro atoms.